The van der Waals surface area contributed by atoms with Crippen LogP contribution in [0.2, 0.25) is 0 Å². The zero-order chi connectivity index (χ0) is 12.5. The van der Waals surface area contributed by atoms with Crippen LogP contribution in [0.5, 0.6) is 0 Å². The maximum atomic E-state index is 12.1. The van der Waals surface area contributed by atoms with Gasteiger partial charge in [-0.3, -0.25) is 0 Å². The van der Waals surface area contributed by atoms with Crippen molar-refractivity contribution in [2.24, 2.45) is 0 Å². The fourth-order valence-electron chi connectivity index (χ4n) is 2.36. The first kappa shape index (κ1) is 12.4. The van der Waals surface area contributed by atoms with Crippen LogP contribution in [-0.4, -0.2) is 17.4 Å². The lowest BCUT2D eigenvalue weighted by molar-refractivity contribution is -0.153. The van der Waals surface area contributed by atoms with Gasteiger partial charge in [0, 0.05) is 0 Å². The summed E-state index contributed by atoms with van der Waals surface area (Å²) in [4.78, 5) is 0. The Bertz CT molecular complexity index is 398. The summed E-state index contributed by atoms with van der Waals surface area (Å²) in [6.07, 6.45) is -3.52. The summed E-state index contributed by atoms with van der Waals surface area (Å²) in [6, 6.07) is 5.73. The molecule has 0 saturated carbocycles. The lowest BCUT2D eigenvalue weighted by Gasteiger charge is -2.13. The summed E-state index contributed by atoms with van der Waals surface area (Å²) in [5.74, 6) is 0. The van der Waals surface area contributed by atoms with Crippen molar-refractivity contribution in [3.05, 3.63) is 34.9 Å². The molecule has 0 aliphatic heterocycles. The first-order valence-corrected chi connectivity index (χ1v) is 5.79. The van der Waals surface area contributed by atoms with Gasteiger partial charge in [-0.15, -0.1) is 0 Å². The van der Waals surface area contributed by atoms with E-state index in [0.29, 0.717) is 0 Å². The van der Waals surface area contributed by atoms with E-state index in [1.807, 2.05) is 18.2 Å². The predicted molar refractivity (Wildman–Crippen MR) is 58.8 cm³/mol. The molecule has 1 N–H and O–H groups in total. The molecule has 94 valence electrons. The van der Waals surface area contributed by atoms with E-state index in [-0.39, 0.29) is 6.42 Å². The van der Waals surface area contributed by atoms with Gasteiger partial charge in [-0.2, -0.15) is 13.2 Å². The van der Waals surface area contributed by atoms with Gasteiger partial charge >= 0.3 is 6.18 Å². The average molecular weight is 244 g/mol. The highest BCUT2D eigenvalue weighted by molar-refractivity contribution is 5.35. The van der Waals surface area contributed by atoms with Gasteiger partial charge in [0.25, 0.3) is 0 Å². The third-order valence-corrected chi connectivity index (χ3v) is 3.10. The molecule has 1 aliphatic carbocycles. The Morgan fingerprint density at radius 1 is 1.18 bits per heavy atom. The number of rotatable bonds is 3. The second-order valence-electron chi connectivity index (χ2n) is 4.63. The van der Waals surface area contributed by atoms with Crippen LogP contribution >= 0.6 is 0 Å². The molecule has 0 amide bonds. The van der Waals surface area contributed by atoms with Gasteiger partial charge in [-0.05, 0) is 42.4 Å². The van der Waals surface area contributed by atoms with Crippen LogP contribution in [0, 0.1) is 0 Å². The number of benzene rings is 1. The molecule has 0 aromatic heterocycles. The van der Waals surface area contributed by atoms with Crippen LogP contribution in [0.3, 0.4) is 0 Å². The highest BCUT2D eigenvalue weighted by Crippen LogP contribution is 2.26. The van der Waals surface area contributed by atoms with Crippen molar-refractivity contribution in [3.8, 4) is 0 Å². The van der Waals surface area contributed by atoms with E-state index in [2.05, 4.69) is 0 Å². The fraction of sp³-hybridized carbons (Fsp3) is 0.538. The Balaban J connectivity index is 1.99. The molecular weight excluding hydrogens is 229 g/mol. The highest BCUT2D eigenvalue weighted by Gasteiger charge is 2.31. The number of aliphatic hydroxyl groups is 1. The molecule has 0 bridgehead atoms. The molecule has 0 spiro atoms. The number of aryl methyl sites for hydroxylation is 2. The normalized spacial score (nSPS) is 16.9. The van der Waals surface area contributed by atoms with E-state index in [1.54, 1.807) is 0 Å². The molecule has 17 heavy (non-hydrogen) atoms. The first-order chi connectivity index (χ1) is 7.94. The molecule has 0 heterocycles. The van der Waals surface area contributed by atoms with Crippen molar-refractivity contribution in [3.63, 3.8) is 0 Å². The molecule has 1 atom stereocenters. The number of alkyl halides is 3. The van der Waals surface area contributed by atoms with Gasteiger partial charge in [-0.25, -0.2) is 0 Å². The quantitative estimate of drug-likeness (QED) is 0.866. The van der Waals surface area contributed by atoms with Crippen molar-refractivity contribution >= 4 is 0 Å². The van der Waals surface area contributed by atoms with Gasteiger partial charge < -0.3 is 5.11 Å². The minimum atomic E-state index is -4.30. The molecule has 1 aromatic rings. The Labute approximate surface area is 98.3 Å². The van der Waals surface area contributed by atoms with E-state index in [1.165, 1.54) is 11.1 Å². The zero-order valence-corrected chi connectivity index (χ0v) is 9.43. The van der Waals surface area contributed by atoms with Crippen LogP contribution in [0.4, 0.5) is 13.2 Å². The van der Waals surface area contributed by atoms with Crippen molar-refractivity contribution in [1.82, 2.24) is 0 Å². The van der Waals surface area contributed by atoms with E-state index in [9.17, 15) is 18.3 Å². The van der Waals surface area contributed by atoms with Gasteiger partial charge in [-0.1, -0.05) is 18.2 Å². The van der Waals surface area contributed by atoms with Crippen LogP contribution in [-0.2, 0) is 19.3 Å². The van der Waals surface area contributed by atoms with Crippen molar-refractivity contribution < 1.29 is 18.3 Å². The second-order valence-corrected chi connectivity index (χ2v) is 4.63. The number of hydrogen-bond donors (Lipinski definition) is 1. The van der Waals surface area contributed by atoms with E-state index in [4.69, 9.17) is 0 Å². The Morgan fingerprint density at radius 3 is 2.59 bits per heavy atom. The Morgan fingerprint density at radius 2 is 1.88 bits per heavy atom. The molecule has 1 aliphatic rings. The SMILES string of the molecule is OC(Cc1ccc2c(c1)CCC2)CC(F)(F)F. The summed E-state index contributed by atoms with van der Waals surface area (Å²) in [7, 11) is 0. The standard InChI is InChI=1S/C13H15F3O/c14-13(15,16)8-12(17)7-9-4-5-10-2-1-3-11(10)6-9/h4-6,12,17H,1-3,7-8H2. The topological polar surface area (TPSA) is 20.2 Å². The number of hydrogen-bond acceptors (Lipinski definition) is 1. The van der Waals surface area contributed by atoms with E-state index >= 15 is 0 Å². The summed E-state index contributed by atoms with van der Waals surface area (Å²) >= 11 is 0. The van der Waals surface area contributed by atoms with Crippen molar-refractivity contribution in [2.45, 2.75) is 44.4 Å². The molecule has 0 saturated heterocycles. The number of aliphatic hydroxyl groups excluding tert-OH is 1. The summed E-state index contributed by atoms with van der Waals surface area (Å²) in [5, 5.41) is 9.37. The van der Waals surface area contributed by atoms with Crippen LogP contribution in [0.25, 0.3) is 0 Å². The summed E-state index contributed by atoms with van der Waals surface area (Å²) < 4.78 is 36.2. The molecule has 0 radical (unpaired) electrons. The Kier molecular flexibility index (Phi) is 3.43. The third-order valence-electron chi connectivity index (χ3n) is 3.10. The van der Waals surface area contributed by atoms with Crippen LogP contribution in [0.15, 0.2) is 18.2 Å². The molecular formula is C13H15F3O. The van der Waals surface area contributed by atoms with E-state index < -0.39 is 18.7 Å². The summed E-state index contributed by atoms with van der Waals surface area (Å²) in [6.45, 7) is 0. The monoisotopic (exact) mass is 244 g/mol. The van der Waals surface area contributed by atoms with Crippen LogP contribution < -0.4 is 0 Å². The maximum absolute atomic E-state index is 12.1. The molecule has 1 nitrogen and oxygen atoms in total. The van der Waals surface area contributed by atoms with Gasteiger partial charge in [0.2, 0.25) is 0 Å². The molecule has 1 unspecified atom stereocenters. The van der Waals surface area contributed by atoms with Crippen molar-refractivity contribution in [1.29, 1.82) is 0 Å². The molecule has 0 fully saturated rings. The molecule has 2 rings (SSSR count). The van der Waals surface area contributed by atoms with Crippen molar-refractivity contribution in [2.75, 3.05) is 0 Å². The Hall–Kier alpha value is -1.03. The minimum absolute atomic E-state index is 0.0762. The predicted octanol–water partition coefficient (Wildman–Crippen LogP) is 3.03. The highest BCUT2D eigenvalue weighted by atomic mass is 19.4. The lowest BCUT2D eigenvalue weighted by atomic mass is 10.0. The maximum Gasteiger partial charge on any atom is 0.391 e. The number of fused-ring (bicyclic) bond motifs is 1. The minimum Gasteiger partial charge on any atom is -0.392 e. The number of halogens is 3. The van der Waals surface area contributed by atoms with Gasteiger partial charge in [0.15, 0.2) is 0 Å². The molecule has 1 aromatic carbocycles. The second kappa shape index (κ2) is 4.69. The zero-order valence-electron chi connectivity index (χ0n) is 9.43. The lowest BCUT2D eigenvalue weighted by Crippen LogP contribution is -2.21. The fourth-order valence-corrected chi connectivity index (χ4v) is 2.36. The summed E-state index contributed by atoms with van der Waals surface area (Å²) in [5.41, 5.74) is 3.31. The average Bonchev–Trinajstić information content (AvgIpc) is 2.61. The van der Waals surface area contributed by atoms with Crippen LogP contribution in [0.1, 0.15) is 29.5 Å². The third kappa shape index (κ3) is 3.46. The smallest absolute Gasteiger partial charge is 0.391 e. The molecule has 4 heteroatoms. The largest absolute Gasteiger partial charge is 0.392 e. The van der Waals surface area contributed by atoms with Gasteiger partial charge in [0.05, 0.1) is 12.5 Å². The van der Waals surface area contributed by atoms with Gasteiger partial charge in [0.1, 0.15) is 0 Å². The first-order valence-electron chi connectivity index (χ1n) is 5.79. The van der Waals surface area contributed by atoms with E-state index in [0.717, 1.165) is 24.8 Å².